The second kappa shape index (κ2) is 3.87. The van der Waals surface area contributed by atoms with Crippen molar-refractivity contribution in [3.8, 4) is 0 Å². The van der Waals surface area contributed by atoms with Gasteiger partial charge in [0.05, 0.1) is 11.0 Å². The molecule has 0 aromatic heterocycles. The van der Waals surface area contributed by atoms with E-state index in [-0.39, 0.29) is 28.6 Å². The minimum atomic E-state index is -0.372. The van der Waals surface area contributed by atoms with Crippen LogP contribution in [0.15, 0.2) is 18.2 Å². The Morgan fingerprint density at radius 2 is 2.19 bits per heavy atom. The van der Waals surface area contributed by atoms with Crippen molar-refractivity contribution in [2.45, 2.75) is 32.3 Å². The predicted molar refractivity (Wildman–Crippen MR) is 60.4 cm³/mol. The third-order valence-electron chi connectivity index (χ3n) is 3.61. The summed E-state index contributed by atoms with van der Waals surface area (Å²) in [6.07, 6.45) is 0.451. The van der Waals surface area contributed by atoms with E-state index in [0.717, 1.165) is 11.1 Å². The SMILES string of the molecule is Cc1ccc([N+](=O)[O-])cc1C1CC(O)C1C. The molecule has 2 rings (SSSR count). The van der Waals surface area contributed by atoms with Gasteiger partial charge in [-0.05, 0) is 36.3 Å². The van der Waals surface area contributed by atoms with Crippen molar-refractivity contribution >= 4 is 5.69 Å². The molecular formula is C12H15NO3. The molecule has 4 nitrogen and oxygen atoms in total. The Morgan fingerprint density at radius 1 is 1.50 bits per heavy atom. The highest BCUT2D eigenvalue weighted by molar-refractivity contribution is 5.42. The molecule has 1 aliphatic rings. The summed E-state index contributed by atoms with van der Waals surface area (Å²) in [4.78, 5) is 10.3. The van der Waals surface area contributed by atoms with Gasteiger partial charge in [0, 0.05) is 12.1 Å². The second-order valence-corrected chi connectivity index (χ2v) is 4.57. The van der Waals surface area contributed by atoms with Crippen LogP contribution in [0.4, 0.5) is 5.69 Å². The van der Waals surface area contributed by atoms with E-state index in [9.17, 15) is 15.2 Å². The summed E-state index contributed by atoms with van der Waals surface area (Å²) in [5, 5.41) is 20.2. The van der Waals surface area contributed by atoms with E-state index in [1.807, 2.05) is 13.8 Å². The van der Waals surface area contributed by atoms with Gasteiger partial charge in [0.25, 0.3) is 5.69 Å². The Hall–Kier alpha value is -1.42. The van der Waals surface area contributed by atoms with Gasteiger partial charge in [0.15, 0.2) is 0 Å². The smallest absolute Gasteiger partial charge is 0.269 e. The first-order valence-electron chi connectivity index (χ1n) is 5.43. The molecule has 1 aromatic carbocycles. The molecule has 0 saturated heterocycles. The van der Waals surface area contributed by atoms with E-state index in [0.29, 0.717) is 6.42 Å². The van der Waals surface area contributed by atoms with Gasteiger partial charge in [-0.1, -0.05) is 13.0 Å². The van der Waals surface area contributed by atoms with Crippen molar-refractivity contribution in [3.05, 3.63) is 39.4 Å². The van der Waals surface area contributed by atoms with Gasteiger partial charge in [0.1, 0.15) is 0 Å². The normalized spacial score (nSPS) is 28.6. The summed E-state index contributed by atoms with van der Waals surface area (Å²) in [7, 11) is 0. The van der Waals surface area contributed by atoms with Crippen LogP contribution in [0.5, 0.6) is 0 Å². The molecule has 0 spiro atoms. The van der Waals surface area contributed by atoms with Crippen LogP contribution in [0.3, 0.4) is 0 Å². The van der Waals surface area contributed by atoms with Gasteiger partial charge in [-0.15, -0.1) is 0 Å². The van der Waals surface area contributed by atoms with Crippen LogP contribution < -0.4 is 0 Å². The maximum Gasteiger partial charge on any atom is 0.269 e. The maximum absolute atomic E-state index is 10.7. The van der Waals surface area contributed by atoms with Gasteiger partial charge in [-0.3, -0.25) is 10.1 Å². The fourth-order valence-electron chi connectivity index (χ4n) is 2.31. The van der Waals surface area contributed by atoms with Crippen LogP contribution >= 0.6 is 0 Å². The van der Waals surface area contributed by atoms with Crippen LogP contribution in [0.1, 0.15) is 30.4 Å². The van der Waals surface area contributed by atoms with Crippen LogP contribution in [-0.2, 0) is 0 Å². The van der Waals surface area contributed by atoms with Crippen LogP contribution in [0, 0.1) is 23.0 Å². The minimum Gasteiger partial charge on any atom is -0.393 e. The molecule has 1 N–H and O–H groups in total. The zero-order valence-corrected chi connectivity index (χ0v) is 9.38. The van der Waals surface area contributed by atoms with E-state index in [1.54, 1.807) is 12.1 Å². The number of aryl methyl sites for hydroxylation is 1. The Balaban J connectivity index is 2.33. The van der Waals surface area contributed by atoms with Crippen LogP contribution in [-0.4, -0.2) is 16.1 Å². The van der Waals surface area contributed by atoms with E-state index >= 15 is 0 Å². The fraction of sp³-hybridized carbons (Fsp3) is 0.500. The largest absolute Gasteiger partial charge is 0.393 e. The second-order valence-electron chi connectivity index (χ2n) is 4.57. The summed E-state index contributed by atoms with van der Waals surface area (Å²) >= 11 is 0. The lowest BCUT2D eigenvalue weighted by atomic mass is 9.68. The molecule has 4 heteroatoms. The van der Waals surface area contributed by atoms with E-state index in [2.05, 4.69) is 0 Å². The van der Waals surface area contributed by atoms with E-state index in [1.165, 1.54) is 6.07 Å². The molecule has 3 atom stereocenters. The molecule has 86 valence electrons. The molecule has 3 unspecified atom stereocenters. The average molecular weight is 221 g/mol. The molecule has 16 heavy (non-hydrogen) atoms. The zero-order chi connectivity index (χ0) is 11.9. The number of nitro benzene ring substituents is 1. The lowest BCUT2D eigenvalue weighted by Crippen LogP contribution is -2.37. The molecule has 1 fully saturated rings. The maximum atomic E-state index is 10.7. The molecule has 1 aromatic rings. The number of rotatable bonds is 2. The molecule has 0 radical (unpaired) electrons. The molecule has 0 bridgehead atoms. The van der Waals surface area contributed by atoms with Crippen molar-refractivity contribution in [2.24, 2.45) is 5.92 Å². The zero-order valence-electron chi connectivity index (χ0n) is 9.38. The highest BCUT2D eigenvalue weighted by atomic mass is 16.6. The first kappa shape index (κ1) is 11.1. The van der Waals surface area contributed by atoms with Gasteiger partial charge >= 0.3 is 0 Å². The number of hydrogen-bond donors (Lipinski definition) is 1. The van der Waals surface area contributed by atoms with Crippen LogP contribution in [0.2, 0.25) is 0 Å². The Morgan fingerprint density at radius 3 is 2.69 bits per heavy atom. The number of aliphatic hydroxyl groups is 1. The van der Waals surface area contributed by atoms with Crippen molar-refractivity contribution in [1.82, 2.24) is 0 Å². The minimum absolute atomic E-state index is 0.134. The van der Waals surface area contributed by atoms with E-state index in [4.69, 9.17) is 0 Å². The summed E-state index contributed by atoms with van der Waals surface area (Å²) in [5.74, 6) is 0.454. The monoisotopic (exact) mass is 221 g/mol. The number of hydrogen-bond acceptors (Lipinski definition) is 3. The molecule has 0 amide bonds. The number of benzene rings is 1. The first-order valence-corrected chi connectivity index (χ1v) is 5.43. The summed E-state index contributed by atoms with van der Waals surface area (Å²) in [6, 6.07) is 4.95. The van der Waals surface area contributed by atoms with E-state index < -0.39 is 0 Å². The van der Waals surface area contributed by atoms with Gasteiger partial charge in [-0.2, -0.15) is 0 Å². The van der Waals surface area contributed by atoms with Crippen LogP contribution in [0.25, 0.3) is 0 Å². The van der Waals surface area contributed by atoms with Gasteiger partial charge < -0.3 is 5.11 Å². The Kier molecular flexibility index (Phi) is 2.68. The van der Waals surface area contributed by atoms with Crippen molar-refractivity contribution in [1.29, 1.82) is 0 Å². The molecule has 0 aliphatic heterocycles. The summed E-state index contributed by atoms with van der Waals surface area (Å²) in [5.41, 5.74) is 2.20. The summed E-state index contributed by atoms with van der Waals surface area (Å²) in [6.45, 7) is 3.94. The van der Waals surface area contributed by atoms with Crippen molar-refractivity contribution in [2.75, 3.05) is 0 Å². The predicted octanol–water partition coefficient (Wildman–Crippen LogP) is 2.39. The third-order valence-corrected chi connectivity index (χ3v) is 3.61. The average Bonchev–Trinajstić information content (AvgIpc) is 2.26. The number of aliphatic hydroxyl groups excluding tert-OH is 1. The molecule has 1 aliphatic carbocycles. The molecular weight excluding hydrogens is 206 g/mol. The van der Waals surface area contributed by atoms with Gasteiger partial charge in [0.2, 0.25) is 0 Å². The number of non-ortho nitro benzene ring substituents is 1. The Bertz CT molecular complexity index is 430. The third kappa shape index (κ3) is 1.69. The lowest BCUT2D eigenvalue weighted by Gasteiger charge is -2.40. The fourth-order valence-corrected chi connectivity index (χ4v) is 2.31. The molecule has 1 saturated carbocycles. The first-order chi connectivity index (χ1) is 7.50. The van der Waals surface area contributed by atoms with Crippen molar-refractivity contribution < 1.29 is 10.0 Å². The highest BCUT2D eigenvalue weighted by Gasteiger charge is 2.38. The van der Waals surface area contributed by atoms with Crippen molar-refractivity contribution in [3.63, 3.8) is 0 Å². The summed E-state index contributed by atoms with van der Waals surface area (Å²) < 4.78 is 0. The number of nitro groups is 1. The Labute approximate surface area is 94.1 Å². The topological polar surface area (TPSA) is 63.4 Å². The number of nitrogens with zero attached hydrogens (tertiary/aromatic N) is 1. The quantitative estimate of drug-likeness (QED) is 0.616. The van der Waals surface area contributed by atoms with Gasteiger partial charge in [-0.25, -0.2) is 0 Å². The molecule has 0 heterocycles. The highest BCUT2D eigenvalue weighted by Crippen LogP contribution is 2.44. The standard InChI is InChI=1S/C12H15NO3/c1-7-3-4-9(13(15)16)5-10(7)11-6-12(14)8(11)2/h3-5,8,11-12,14H,6H2,1-2H3. The lowest BCUT2D eigenvalue weighted by molar-refractivity contribution is -0.385.